The van der Waals surface area contributed by atoms with Gasteiger partial charge in [-0.3, -0.25) is 9.59 Å². The minimum Gasteiger partial charge on any atom is -0.327 e. The summed E-state index contributed by atoms with van der Waals surface area (Å²) in [4.78, 5) is 28.3. The molecule has 8 heteroatoms. The van der Waals surface area contributed by atoms with Crippen molar-refractivity contribution in [3.05, 3.63) is 47.8 Å². The van der Waals surface area contributed by atoms with Crippen LogP contribution in [0.4, 0.5) is 4.39 Å². The van der Waals surface area contributed by atoms with Crippen LogP contribution in [0.2, 0.25) is 0 Å². The molecule has 1 aliphatic rings. The number of carbonyl (C=O) groups excluding carboxylic acids is 2. The maximum absolute atomic E-state index is 13.4. The normalized spacial score (nSPS) is 18.1. The van der Waals surface area contributed by atoms with Gasteiger partial charge in [0.15, 0.2) is 5.82 Å². The summed E-state index contributed by atoms with van der Waals surface area (Å²) in [6.45, 7) is 6.12. The average Bonchev–Trinajstić information content (AvgIpc) is 3.05. The number of hydrogen-bond acceptors (Lipinski definition) is 4. The van der Waals surface area contributed by atoms with Crippen LogP contribution in [0.25, 0.3) is 0 Å². The van der Waals surface area contributed by atoms with Crippen LogP contribution in [0.15, 0.2) is 30.6 Å². The van der Waals surface area contributed by atoms with Gasteiger partial charge in [-0.05, 0) is 38.5 Å². The lowest BCUT2D eigenvalue weighted by Gasteiger charge is -2.38. The van der Waals surface area contributed by atoms with Crippen molar-refractivity contribution < 1.29 is 14.0 Å². The molecule has 26 heavy (non-hydrogen) atoms. The van der Waals surface area contributed by atoms with Crippen molar-refractivity contribution in [1.29, 1.82) is 0 Å². The van der Waals surface area contributed by atoms with Crippen molar-refractivity contribution in [3.8, 4) is 0 Å². The van der Waals surface area contributed by atoms with Gasteiger partial charge in [0.25, 0.3) is 0 Å². The van der Waals surface area contributed by atoms with E-state index in [0.717, 1.165) is 0 Å². The molecule has 138 valence electrons. The van der Waals surface area contributed by atoms with Gasteiger partial charge in [-0.15, -0.1) is 10.2 Å². The van der Waals surface area contributed by atoms with Crippen molar-refractivity contribution in [3.63, 3.8) is 0 Å². The number of nitrogens with zero attached hydrogens (tertiary/aromatic N) is 5. The van der Waals surface area contributed by atoms with Crippen molar-refractivity contribution in [2.24, 2.45) is 0 Å². The van der Waals surface area contributed by atoms with Gasteiger partial charge in [-0.1, -0.05) is 12.1 Å². The lowest BCUT2D eigenvalue weighted by molar-refractivity contribution is -0.156. The summed E-state index contributed by atoms with van der Waals surface area (Å²) < 4.78 is 15.2. The summed E-state index contributed by atoms with van der Waals surface area (Å²) in [6, 6.07) is 5.61. The van der Waals surface area contributed by atoms with E-state index in [1.54, 1.807) is 25.4 Å². The first kappa shape index (κ1) is 18.0. The SMILES string of the molecule is CC(C)n1cnnc1CN1C(=O)CN(Cc2cccc(F)c2)C(=O)[C@@H]1C. The standard InChI is InChI=1S/C18H22FN5O2/c1-12(2)24-11-20-21-16(24)9-23-13(3)18(26)22(10-17(23)25)8-14-5-4-6-15(19)7-14/h4-7,11-13H,8-10H2,1-3H3/t13-/m0/s1. The van der Waals surface area contributed by atoms with Gasteiger partial charge in [-0.25, -0.2) is 4.39 Å². The molecule has 1 aromatic carbocycles. The Morgan fingerprint density at radius 1 is 1.27 bits per heavy atom. The third-order valence-electron chi connectivity index (χ3n) is 4.56. The maximum atomic E-state index is 13.4. The highest BCUT2D eigenvalue weighted by molar-refractivity contribution is 5.94. The van der Waals surface area contributed by atoms with E-state index in [1.807, 2.05) is 18.4 Å². The zero-order valence-electron chi connectivity index (χ0n) is 15.1. The van der Waals surface area contributed by atoms with Gasteiger partial charge >= 0.3 is 0 Å². The Morgan fingerprint density at radius 3 is 2.73 bits per heavy atom. The van der Waals surface area contributed by atoms with E-state index in [4.69, 9.17) is 0 Å². The predicted molar refractivity (Wildman–Crippen MR) is 92.2 cm³/mol. The molecule has 1 aliphatic heterocycles. The fraction of sp³-hybridized carbons (Fsp3) is 0.444. The number of aromatic nitrogens is 3. The Balaban J connectivity index is 1.74. The topological polar surface area (TPSA) is 71.3 Å². The van der Waals surface area contributed by atoms with Crippen LogP contribution >= 0.6 is 0 Å². The zero-order chi connectivity index (χ0) is 18.8. The van der Waals surface area contributed by atoms with Crippen LogP contribution in [0.1, 0.15) is 38.2 Å². The Labute approximate surface area is 151 Å². The molecule has 0 unspecified atom stereocenters. The van der Waals surface area contributed by atoms with Gasteiger partial charge in [0.1, 0.15) is 24.7 Å². The highest BCUT2D eigenvalue weighted by atomic mass is 19.1. The molecule has 1 saturated heterocycles. The number of halogens is 1. The second kappa shape index (κ2) is 7.23. The first-order valence-electron chi connectivity index (χ1n) is 8.58. The smallest absolute Gasteiger partial charge is 0.245 e. The van der Waals surface area contributed by atoms with Gasteiger partial charge in [0, 0.05) is 12.6 Å². The lowest BCUT2D eigenvalue weighted by Crippen LogP contribution is -2.58. The maximum Gasteiger partial charge on any atom is 0.245 e. The third-order valence-corrected chi connectivity index (χ3v) is 4.56. The van der Waals surface area contributed by atoms with Gasteiger partial charge in [0.2, 0.25) is 11.8 Å². The molecule has 1 atom stereocenters. The molecular weight excluding hydrogens is 337 g/mol. The summed E-state index contributed by atoms with van der Waals surface area (Å²) in [6.07, 6.45) is 1.62. The highest BCUT2D eigenvalue weighted by Gasteiger charge is 2.37. The zero-order valence-corrected chi connectivity index (χ0v) is 15.1. The van der Waals surface area contributed by atoms with Crippen molar-refractivity contribution >= 4 is 11.8 Å². The molecule has 2 aromatic rings. The summed E-state index contributed by atoms with van der Waals surface area (Å²) >= 11 is 0. The molecule has 1 aromatic heterocycles. The number of carbonyl (C=O) groups is 2. The fourth-order valence-corrected chi connectivity index (χ4v) is 3.12. The van der Waals surface area contributed by atoms with Crippen LogP contribution in [0.3, 0.4) is 0 Å². The second-order valence-corrected chi connectivity index (χ2v) is 6.77. The molecular formula is C18H22FN5O2. The molecule has 2 amide bonds. The molecule has 0 spiro atoms. The van der Waals surface area contributed by atoms with E-state index in [9.17, 15) is 14.0 Å². The van der Waals surface area contributed by atoms with Crippen LogP contribution in [-0.4, -0.2) is 49.0 Å². The Hall–Kier alpha value is -2.77. The van der Waals surface area contributed by atoms with E-state index >= 15 is 0 Å². The molecule has 1 fully saturated rings. The number of hydrogen-bond donors (Lipinski definition) is 0. The first-order chi connectivity index (χ1) is 12.4. The number of rotatable bonds is 5. The molecule has 0 radical (unpaired) electrons. The largest absolute Gasteiger partial charge is 0.327 e. The van der Waals surface area contributed by atoms with Crippen molar-refractivity contribution in [2.75, 3.05) is 6.54 Å². The molecule has 7 nitrogen and oxygen atoms in total. The lowest BCUT2D eigenvalue weighted by atomic mass is 10.1. The fourth-order valence-electron chi connectivity index (χ4n) is 3.12. The summed E-state index contributed by atoms with van der Waals surface area (Å²) in [5.41, 5.74) is 0.659. The van der Waals surface area contributed by atoms with Crippen molar-refractivity contribution in [2.45, 2.75) is 45.9 Å². The summed E-state index contributed by atoms with van der Waals surface area (Å²) in [7, 11) is 0. The monoisotopic (exact) mass is 359 g/mol. The minimum absolute atomic E-state index is 0.0322. The van der Waals surface area contributed by atoms with Gasteiger partial charge in [0.05, 0.1) is 6.54 Å². The van der Waals surface area contributed by atoms with E-state index < -0.39 is 6.04 Å². The quantitative estimate of drug-likeness (QED) is 0.816. The third kappa shape index (κ3) is 3.58. The van der Waals surface area contributed by atoms with Crippen LogP contribution < -0.4 is 0 Å². The molecule has 0 N–H and O–H groups in total. The van der Waals surface area contributed by atoms with E-state index in [1.165, 1.54) is 21.9 Å². The number of amides is 2. The molecule has 3 rings (SSSR count). The average molecular weight is 359 g/mol. The second-order valence-electron chi connectivity index (χ2n) is 6.77. The van der Waals surface area contributed by atoms with Crippen LogP contribution in [-0.2, 0) is 22.7 Å². The molecule has 0 saturated carbocycles. The van der Waals surface area contributed by atoms with E-state index in [-0.39, 0.29) is 43.3 Å². The molecule has 0 bridgehead atoms. The molecule has 0 aliphatic carbocycles. The summed E-state index contributed by atoms with van der Waals surface area (Å²) in [5, 5.41) is 7.98. The van der Waals surface area contributed by atoms with Gasteiger partial charge < -0.3 is 14.4 Å². The highest BCUT2D eigenvalue weighted by Crippen LogP contribution is 2.19. The van der Waals surface area contributed by atoms with Crippen LogP contribution in [0, 0.1) is 5.82 Å². The Bertz CT molecular complexity index is 819. The Morgan fingerprint density at radius 2 is 2.04 bits per heavy atom. The van der Waals surface area contributed by atoms with Crippen LogP contribution in [0.5, 0.6) is 0 Å². The van der Waals surface area contributed by atoms with E-state index in [2.05, 4.69) is 10.2 Å². The number of piperazine rings is 1. The minimum atomic E-state index is -0.609. The Kier molecular flexibility index (Phi) is 5.01. The first-order valence-corrected chi connectivity index (χ1v) is 8.58. The number of benzene rings is 1. The van der Waals surface area contributed by atoms with Gasteiger partial charge in [-0.2, -0.15) is 0 Å². The summed E-state index contributed by atoms with van der Waals surface area (Å²) in [5.74, 6) is -0.0381. The predicted octanol–water partition coefficient (Wildman–Crippen LogP) is 1.76. The van der Waals surface area contributed by atoms with Crippen molar-refractivity contribution in [1.82, 2.24) is 24.6 Å². The van der Waals surface area contributed by atoms with E-state index in [0.29, 0.717) is 11.4 Å². The molecule has 2 heterocycles.